The van der Waals surface area contributed by atoms with Crippen LogP contribution in [-0.2, 0) is 4.79 Å². The van der Waals surface area contributed by atoms with Crippen LogP contribution in [0.15, 0.2) is 0 Å². The molecule has 0 saturated heterocycles. The van der Waals surface area contributed by atoms with Crippen LogP contribution in [0, 0.1) is 17.8 Å². The maximum atomic E-state index is 10.6. The first-order valence-corrected chi connectivity index (χ1v) is 5.51. The number of amides is 1. The molecule has 4 rings (SSSR count). The topological polar surface area (TPSA) is 29.1 Å². The van der Waals surface area contributed by atoms with Crippen LogP contribution < -0.4 is 5.32 Å². The summed E-state index contributed by atoms with van der Waals surface area (Å²) in [5, 5.41) is 3.11. The Hall–Kier alpha value is -0.530. The molecule has 4 saturated carbocycles. The van der Waals surface area contributed by atoms with Crippen LogP contribution in [0.1, 0.15) is 38.5 Å². The van der Waals surface area contributed by atoms with Crippen LogP contribution in [0.25, 0.3) is 0 Å². The third-order valence-corrected chi connectivity index (χ3v) is 4.40. The van der Waals surface area contributed by atoms with Gasteiger partial charge in [0.2, 0.25) is 6.41 Å². The highest BCUT2D eigenvalue weighted by Crippen LogP contribution is 2.55. The van der Waals surface area contributed by atoms with E-state index >= 15 is 0 Å². The van der Waals surface area contributed by atoms with Crippen molar-refractivity contribution in [1.82, 2.24) is 5.32 Å². The molecule has 4 fully saturated rings. The van der Waals surface area contributed by atoms with E-state index in [9.17, 15) is 4.79 Å². The summed E-state index contributed by atoms with van der Waals surface area (Å²) in [6.07, 6.45) is 9.04. The molecule has 0 spiro atoms. The van der Waals surface area contributed by atoms with Gasteiger partial charge in [0, 0.05) is 5.54 Å². The second-order valence-corrected chi connectivity index (χ2v) is 5.46. The maximum absolute atomic E-state index is 10.6. The van der Waals surface area contributed by atoms with E-state index in [4.69, 9.17) is 0 Å². The van der Waals surface area contributed by atoms with Crippen molar-refractivity contribution in [3.8, 4) is 0 Å². The van der Waals surface area contributed by atoms with Crippen molar-refractivity contribution in [3.63, 3.8) is 0 Å². The third kappa shape index (κ3) is 1.11. The maximum Gasteiger partial charge on any atom is 0.207 e. The molecule has 13 heavy (non-hydrogen) atoms. The average molecular weight is 179 g/mol. The number of carbonyl (C=O) groups is 1. The van der Waals surface area contributed by atoms with E-state index in [0.29, 0.717) is 0 Å². The summed E-state index contributed by atoms with van der Waals surface area (Å²) in [6, 6.07) is 0. The molecule has 0 aliphatic heterocycles. The predicted molar refractivity (Wildman–Crippen MR) is 50.1 cm³/mol. The second-order valence-electron chi connectivity index (χ2n) is 5.46. The van der Waals surface area contributed by atoms with E-state index in [-0.39, 0.29) is 5.54 Å². The molecule has 1 N–H and O–H groups in total. The molecule has 0 aromatic heterocycles. The van der Waals surface area contributed by atoms with Gasteiger partial charge in [0.05, 0.1) is 0 Å². The molecule has 72 valence electrons. The molecule has 2 heteroatoms. The molecule has 0 aromatic rings. The molecule has 0 atom stereocenters. The lowest BCUT2D eigenvalue weighted by Gasteiger charge is -2.56. The van der Waals surface area contributed by atoms with Gasteiger partial charge in [-0.2, -0.15) is 0 Å². The summed E-state index contributed by atoms with van der Waals surface area (Å²) >= 11 is 0. The normalized spacial score (nSPS) is 52.2. The first-order chi connectivity index (χ1) is 6.30. The molecule has 4 bridgehead atoms. The lowest BCUT2D eigenvalue weighted by atomic mass is 9.53. The van der Waals surface area contributed by atoms with Gasteiger partial charge >= 0.3 is 0 Å². The minimum absolute atomic E-state index is 0.233. The molecule has 0 aromatic carbocycles. The van der Waals surface area contributed by atoms with Gasteiger partial charge in [0.25, 0.3) is 0 Å². The van der Waals surface area contributed by atoms with Gasteiger partial charge in [-0.1, -0.05) is 0 Å². The van der Waals surface area contributed by atoms with E-state index in [0.717, 1.165) is 24.2 Å². The first-order valence-electron chi connectivity index (χ1n) is 5.51. The van der Waals surface area contributed by atoms with Crippen molar-refractivity contribution in [2.24, 2.45) is 17.8 Å². The predicted octanol–water partition coefficient (Wildman–Crippen LogP) is 1.70. The average Bonchev–Trinajstić information content (AvgIpc) is 2.00. The molecule has 0 heterocycles. The molecule has 0 unspecified atom stereocenters. The molecular formula is C11H17NO. The number of nitrogens with one attached hydrogen (secondary N) is 1. The summed E-state index contributed by atoms with van der Waals surface area (Å²) in [5.41, 5.74) is 0.233. The molecule has 1 amide bonds. The summed E-state index contributed by atoms with van der Waals surface area (Å²) in [5.74, 6) is 2.79. The third-order valence-electron chi connectivity index (χ3n) is 4.40. The van der Waals surface area contributed by atoms with Gasteiger partial charge in [-0.25, -0.2) is 0 Å². The Balaban J connectivity index is 1.87. The Kier molecular flexibility index (Phi) is 1.50. The summed E-state index contributed by atoms with van der Waals surface area (Å²) in [4.78, 5) is 10.6. The number of carbonyl (C=O) groups excluding carboxylic acids is 1. The van der Waals surface area contributed by atoms with Crippen molar-refractivity contribution < 1.29 is 4.79 Å². The fourth-order valence-corrected chi connectivity index (χ4v) is 4.41. The van der Waals surface area contributed by atoms with Crippen LogP contribution in [0.5, 0.6) is 0 Å². The Morgan fingerprint density at radius 1 is 1.00 bits per heavy atom. The zero-order valence-corrected chi connectivity index (χ0v) is 7.96. The van der Waals surface area contributed by atoms with Gasteiger partial charge in [-0.3, -0.25) is 4.79 Å². The molecule has 0 radical (unpaired) electrons. The Morgan fingerprint density at radius 2 is 1.46 bits per heavy atom. The smallest absolute Gasteiger partial charge is 0.207 e. The van der Waals surface area contributed by atoms with E-state index in [1.54, 1.807) is 0 Å². The highest BCUT2D eigenvalue weighted by atomic mass is 16.1. The van der Waals surface area contributed by atoms with E-state index in [1.807, 2.05) is 0 Å². The quantitative estimate of drug-likeness (QED) is 0.642. The van der Waals surface area contributed by atoms with Crippen LogP contribution >= 0.6 is 0 Å². The lowest BCUT2D eigenvalue weighted by molar-refractivity contribution is -0.114. The summed E-state index contributed by atoms with van der Waals surface area (Å²) in [6.45, 7) is 0. The summed E-state index contributed by atoms with van der Waals surface area (Å²) in [7, 11) is 0. The van der Waals surface area contributed by atoms with E-state index in [1.165, 1.54) is 38.5 Å². The number of hydrogen-bond acceptors (Lipinski definition) is 1. The standard InChI is InChI=1S/C11H17NO/c13-7-12-11-4-8-1-9(5-11)3-10(2-8)6-11/h7-10H,1-6H2,(H,12,13). The van der Waals surface area contributed by atoms with E-state index < -0.39 is 0 Å². The first kappa shape index (κ1) is 7.84. The minimum atomic E-state index is 0.233. The minimum Gasteiger partial charge on any atom is -0.353 e. The summed E-state index contributed by atoms with van der Waals surface area (Å²) < 4.78 is 0. The van der Waals surface area contributed by atoms with Crippen LogP contribution in [0.4, 0.5) is 0 Å². The fraction of sp³-hybridized carbons (Fsp3) is 0.909. The number of hydrogen-bond donors (Lipinski definition) is 1. The van der Waals surface area contributed by atoms with E-state index in [2.05, 4.69) is 5.32 Å². The van der Waals surface area contributed by atoms with Gasteiger partial charge in [-0.15, -0.1) is 0 Å². The highest BCUT2D eigenvalue weighted by molar-refractivity contribution is 5.48. The highest BCUT2D eigenvalue weighted by Gasteiger charge is 2.50. The largest absolute Gasteiger partial charge is 0.353 e. The zero-order chi connectivity index (χ0) is 8.89. The SMILES string of the molecule is O=CNC12CC3CC(CC(C3)C1)C2. The Morgan fingerprint density at radius 3 is 1.85 bits per heavy atom. The van der Waals surface area contributed by atoms with Crippen LogP contribution in [0.3, 0.4) is 0 Å². The van der Waals surface area contributed by atoms with Crippen molar-refractivity contribution in [3.05, 3.63) is 0 Å². The van der Waals surface area contributed by atoms with Crippen molar-refractivity contribution in [1.29, 1.82) is 0 Å². The van der Waals surface area contributed by atoms with Crippen molar-refractivity contribution in [2.75, 3.05) is 0 Å². The Bertz CT molecular complexity index is 201. The fourth-order valence-electron chi connectivity index (χ4n) is 4.41. The zero-order valence-electron chi connectivity index (χ0n) is 7.96. The second kappa shape index (κ2) is 2.49. The van der Waals surface area contributed by atoms with Crippen molar-refractivity contribution >= 4 is 6.41 Å². The van der Waals surface area contributed by atoms with Gasteiger partial charge in [0.15, 0.2) is 0 Å². The van der Waals surface area contributed by atoms with Crippen LogP contribution in [0.2, 0.25) is 0 Å². The van der Waals surface area contributed by atoms with Crippen molar-refractivity contribution in [2.45, 2.75) is 44.1 Å². The molecule has 4 aliphatic carbocycles. The lowest BCUT2D eigenvalue weighted by Crippen LogP contribution is -2.57. The monoisotopic (exact) mass is 179 g/mol. The molecule has 4 aliphatic rings. The van der Waals surface area contributed by atoms with Gasteiger partial charge in [0.1, 0.15) is 0 Å². The molecular weight excluding hydrogens is 162 g/mol. The van der Waals surface area contributed by atoms with Gasteiger partial charge < -0.3 is 5.32 Å². The molecule has 2 nitrogen and oxygen atoms in total. The van der Waals surface area contributed by atoms with Gasteiger partial charge in [-0.05, 0) is 56.3 Å². The number of rotatable bonds is 2. The Labute approximate surface area is 79.1 Å². The van der Waals surface area contributed by atoms with Crippen LogP contribution in [-0.4, -0.2) is 11.9 Å².